The first-order valence-electron chi connectivity index (χ1n) is 11.7. The fourth-order valence-corrected chi connectivity index (χ4v) is 4.99. The molecule has 1 saturated heterocycles. The van der Waals surface area contributed by atoms with Gasteiger partial charge in [-0.15, -0.1) is 0 Å². The first-order chi connectivity index (χ1) is 16.5. The van der Waals surface area contributed by atoms with E-state index in [1.54, 1.807) is 17.6 Å². The number of carbonyl (C=O) groups is 1. The Labute approximate surface area is 204 Å². The molecule has 1 aromatic heterocycles. The number of amides is 1. The molecule has 1 aliphatic heterocycles. The van der Waals surface area contributed by atoms with Crippen molar-refractivity contribution in [3.63, 3.8) is 0 Å². The van der Waals surface area contributed by atoms with Crippen molar-refractivity contribution in [2.75, 3.05) is 39.8 Å². The van der Waals surface area contributed by atoms with Crippen molar-refractivity contribution in [1.29, 1.82) is 0 Å². The van der Waals surface area contributed by atoms with Crippen LogP contribution in [0, 0.1) is 0 Å². The SMILES string of the molecule is CN1CCN(CCc2ccc3c(c2)c2cc(Cl)ccc2n3Cc2ccc(C(=O)NO)cc2)CC1. The van der Waals surface area contributed by atoms with Gasteiger partial charge in [0.05, 0.1) is 0 Å². The lowest BCUT2D eigenvalue weighted by Crippen LogP contribution is -2.45. The third kappa shape index (κ3) is 4.68. The fraction of sp³-hybridized carbons (Fsp3) is 0.296. The highest BCUT2D eigenvalue weighted by atomic mass is 35.5. The number of halogens is 1. The van der Waals surface area contributed by atoms with E-state index >= 15 is 0 Å². The molecule has 1 fully saturated rings. The number of likely N-dealkylation sites (N-methyl/N-ethyl adjacent to an activating group) is 1. The fourth-order valence-electron chi connectivity index (χ4n) is 4.82. The van der Waals surface area contributed by atoms with Crippen LogP contribution in [0.2, 0.25) is 5.02 Å². The molecule has 176 valence electrons. The molecular weight excluding hydrogens is 448 g/mol. The molecule has 0 bridgehead atoms. The van der Waals surface area contributed by atoms with Gasteiger partial charge in [0.2, 0.25) is 0 Å². The summed E-state index contributed by atoms with van der Waals surface area (Å²) < 4.78 is 2.30. The molecule has 0 aliphatic carbocycles. The summed E-state index contributed by atoms with van der Waals surface area (Å²) in [5.41, 5.74) is 6.80. The van der Waals surface area contributed by atoms with Gasteiger partial charge in [0.15, 0.2) is 0 Å². The van der Waals surface area contributed by atoms with Gasteiger partial charge in [0, 0.05) is 71.7 Å². The Balaban J connectivity index is 1.45. The maximum atomic E-state index is 11.6. The van der Waals surface area contributed by atoms with Gasteiger partial charge in [-0.05, 0) is 67.1 Å². The molecule has 34 heavy (non-hydrogen) atoms. The van der Waals surface area contributed by atoms with E-state index in [1.807, 2.05) is 18.2 Å². The van der Waals surface area contributed by atoms with E-state index in [1.165, 1.54) is 10.9 Å². The molecule has 6 nitrogen and oxygen atoms in total. The highest BCUT2D eigenvalue weighted by molar-refractivity contribution is 6.31. The molecule has 0 atom stereocenters. The summed E-state index contributed by atoms with van der Waals surface area (Å²) in [5.74, 6) is -0.512. The Hall–Kier alpha value is -2.90. The van der Waals surface area contributed by atoms with E-state index in [-0.39, 0.29) is 0 Å². The topological polar surface area (TPSA) is 60.7 Å². The van der Waals surface area contributed by atoms with E-state index < -0.39 is 5.91 Å². The van der Waals surface area contributed by atoms with Gasteiger partial charge in [-0.1, -0.05) is 29.8 Å². The van der Waals surface area contributed by atoms with Gasteiger partial charge in [-0.25, -0.2) is 5.48 Å². The van der Waals surface area contributed by atoms with Crippen LogP contribution in [0.15, 0.2) is 60.7 Å². The molecule has 0 unspecified atom stereocenters. The molecule has 2 N–H and O–H groups in total. The van der Waals surface area contributed by atoms with E-state index in [2.05, 4.69) is 51.7 Å². The van der Waals surface area contributed by atoms with Crippen LogP contribution >= 0.6 is 11.6 Å². The molecule has 0 radical (unpaired) electrons. The minimum absolute atomic E-state index is 0.422. The first-order valence-corrected chi connectivity index (χ1v) is 12.0. The average Bonchev–Trinajstić information content (AvgIpc) is 3.15. The minimum atomic E-state index is -0.512. The summed E-state index contributed by atoms with van der Waals surface area (Å²) in [4.78, 5) is 16.6. The molecule has 0 saturated carbocycles. The normalized spacial score (nSPS) is 15.3. The van der Waals surface area contributed by atoms with Crippen LogP contribution in [0.5, 0.6) is 0 Å². The van der Waals surface area contributed by atoms with Gasteiger partial charge in [0.25, 0.3) is 5.91 Å². The van der Waals surface area contributed by atoms with Crippen molar-refractivity contribution < 1.29 is 10.0 Å². The predicted molar refractivity (Wildman–Crippen MR) is 137 cm³/mol. The first kappa shape index (κ1) is 22.9. The molecule has 7 heteroatoms. The number of aromatic nitrogens is 1. The summed E-state index contributed by atoms with van der Waals surface area (Å²) in [7, 11) is 2.19. The van der Waals surface area contributed by atoms with Gasteiger partial charge < -0.3 is 14.4 Å². The van der Waals surface area contributed by atoms with Crippen molar-refractivity contribution in [3.05, 3.63) is 82.4 Å². The van der Waals surface area contributed by atoms with Crippen LogP contribution in [-0.2, 0) is 13.0 Å². The third-order valence-corrected chi connectivity index (χ3v) is 7.10. The molecule has 0 spiro atoms. The lowest BCUT2D eigenvalue weighted by molar-refractivity contribution is 0.0706. The van der Waals surface area contributed by atoms with Crippen LogP contribution < -0.4 is 5.48 Å². The average molecular weight is 477 g/mol. The highest BCUT2D eigenvalue weighted by Gasteiger charge is 2.15. The Morgan fingerprint density at radius 3 is 2.26 bits per heavy atom. The maximum Gasteiger partial charge on any atom is 0.274 e. The lowest BCUT2D eigenvalue weighted by atomic mass is 10.1. The van der Waals surface area contributed by atoms with Crippen LogP contribution in [-0.4, -0.2) is 65.3 Å². The number of hydrogen-bond donors (Lipinski definition) is 2. The molecule has 3 aromatic carbocycles. The number of hydroxylamine groups is 1. The molecule has 1 aliphatic rings. The largest absolute Gasteiger partial charge is 0.336 e. The second kappa shape index (κ2) is 9.76. The molecule has 2 heterocycles. The molecule has 1 amide bonds. The Morgan fingerprint density at radius 1 is 0.912 bits per heavy atom. The van der Waals surface area contributed by atoms with Gasteiger partial charge in [0.1, 0.15) is 0 Å². The Bertz CT molecular complexity index is 1320. The summed E-state index contributed by atoms with van der Waals surface area (Å²) in [6.45, 7) is 6.28. The van der Waals surface area contributed by atoms with Crippen molar-refractivity contribution in [2.24, 2.45) is 0 Å². The molecular formula is C27H29ClN4O2. The number of nitrogens with zero attached hydrogens (tertiary/aromatic N) is 3. The molecule has 5 rings (SSSR count). The Morgan fingerprint density at radius 2 is 1.56 bits per heavy atom. The van der Waals surface area contributed by atoms with E-state index in [4.69, 9.17) is 16.8 Å². The van der Waals surface area contributed by atoms with Crippen molar-refractivity contribution in [1.82, 2.24) is 19.8 Å². The second-order valence-electron chi connectivity index (χ2n) is 9.13. The number of piperazine rings is 1. The minimum Gasteiger partial charge on any atom is -0.336 e. The van der Waals surface area contributed by atoms with Crippen LogP contribution in [0.1, 0.15) is 21.5 Å². The number of rotatable bonds is 6. The summed E-state index contributed by atoms with van der Waals surface area (Å²) in [6, 6.07) is 20.1. The van der Waals surface area contributed by atoms with Gasteiger partial charge in [-0.3, -0.25) is 10.0 Å². The number of carbonyl (C=O) groups excluding carboxylic acids is 1. The van der Waals surface area contributed by atoms with Crippen LogP contribution in [0.3, 0.4) is 0 Å². The van der Waals surface area contributed by atoms with Gasteiger partial charge >= 0.3 is 0 Å². The van der Waals surface area contributed by atoms with Crippen molar-refractivity contribution in [2.45, 2.75) is 13.0 Å². The van der Waals surface area contributed by atoms with Crippen LogP contribution in [0.25, 0.3) is 21.8 Å². The highest BCUT2D eigenvalue weighted by Crippen LogP contribution is 2.32. The predicted octanol–water partition coefficient (Wildman–Crippen LogP) is 4.41. The third-order valence-electron chi connectivity index (χ3n) is 6.86. The lowest BCUT2D eigenvalue weighted by Gasteiger charge is -2.32. The number of hydrogen-bond acceptors (Lipinski definition) is 4. The monoisotopic (exact) mass is 476 g/mol. The number of benzene rings is 3. The van der Waals surface area contributed by atoms with Gasteiger partial charge in [-0.2, -0.15) is 0 Å². The maximum absolute atomic E-state index is 11.6. The smallest absolute Gasteiger partial charge is 0.274 e. The van der Waals surface area contributed by atoms with E-state index in [9.17, 15) is 4.79 Å². The number of fused-ring (bicyclic) bond motifs is 3. The Kier molecular flexibility index (Phi) is 6.57. The quantitative estimate of drug-likeness (QED) is 0.320. The standard InChI is InChI=1S/C27H29ClN4O2/c1-30-12-14-31(15-13-30)11-10-19-4-8-25-23(16-19)24-17-22(28)7-9-26(24)32(25)18-20-2-5-21(6-3-20)27(33)29-34/h2-9,16-17,34H,10-15,18H2,1H3,(H,29,33). The summed E-state index contributed by atoms with van der Waals surface area (Å²) in [6.07, 6.45) is 1.03. The number of nitrogens with one attached hydrogen (secondary N) is 1. The van der Waals surface area contributed by atoms with E-state index in [0.29, 0.717) is 12.1 Å². The van der Waals surface area contributed by atoms with Crippen molar-refractivity contribution >= 4 is 39.3 Å². The molecule has 4 aromatic rings. The summed E-state index contributed by atoms with van der Waals surface area (Å²) in [5, 5.41) is 11.9. The van der Waals surface area contributed by atoms with Crippen LogP contribution in [0.4, 0.5) is 0 Å². The zero-order chi connectivity index (χ0) is 23.7. The van der Waals surface area contributed by atoms with Crippen molar-refractivity contribution in [3.8, 4) is 0 Å². The zero-order valence-electron chi connectivity index (χ0n) is 19.3. The van der Waals surface area contributed by atoms with E-state index in [0.717, 1.165) is 66.2 Å². The second-order valence-corrected chi connectivity index (χ2v) is 9.57. The zero-order valence-corrected chi connectivity index (χ0v) is 20.1. The summed E-state index contributed by atoms with van der Waals surface area (Å²) >= 11 is 6.39.